The molecule has 1 aliphatic rings. The molecule has 19 heavy (non-hydrogen) atoms. The molecule has 104 valence electrons. The third-order valence-electron chi connectivity index (χ3n) is 3.52. The molecule has 2 atom stereocenters. The van der Waals surface area contributed by atoms with Crippen molar-refractivity contribution in [1.82, 2.24) is 9.88 Å². The van der Waals surface area contributed by atoms with Crippen LogP contribution in [0.2, 0.25) is 0 Å². The Morgan fingerprint density at radius 3 is 2.89 bits per heavy atom. The summed E-state index contributed by atoms with van der Waals surface area (Å²) >= 11 is 0. The molecular weight excluding hydrogens is 242 g/mol. The Bertz CT molecular complexity index is 433. The van der Waals surface area contributed by atoms with Crippen LogP contribution >= 0.6 is 0 Å². The van der Waals surface area contributed by atoms with Crippen molar-refractivity contribution in [1.29, 1.82) is 0 Å². The molecule has 0 radical (unpaired) electrons. The van der Waals surface area contributed by atoms with Gasteiger partial charge in [0.25, 0.3) is 5.91 Å². The molecule has 0 spiro atoms. The fraction of sp³-hybridized carbons (Fsp3) is 0.571. The third kappa shape index (κ3) is 3.04. The highest BCUT2D eigenvalue weighted by Crippen LogP contribution is 2.19. The Balaban J connectivity index is 2.06. The van der Waals surface area contributed by atoms with E-state index in [1.54, 1.807) is 17.2 Å². The van der Waals surface area contributed by atoms with Crippen LogP contribution in [-0.4, -0.2) is 48.1 Å². The molecule has 2 unspecified atom stereocenters. The highest BCUT2D eigenvalue weighted by Gasteiger charge is 2.31. The lowest BCUT2D eigenvalue weighted by Gasteiger charge is -2.26. The minimum Gasteiger partial charge on any atom is -0.384 e. The van der Waals surface area contributed by atoms with Gasteiger partial charge in [-0.25, -0.2) is 4.98 Å². The Morgan fingerprint density at radius 1 is 1.58 bits per heavy atom. The second-order valence-electron chi connectivity index (χ2n) is 4.81. The second-order valence-corrected chi connectivity index (χ2v) is 4.81. The fourth-order valence-corrected chi connectivity index (χ4v) is 2.39. The minimum atomic E-state index is -0.0506. The third-order valence-corrected chi connectivity index (χ3v) is 3.52. The van der Waals surface area contributed by atoms with Gasteiger partial charge in [-0.15, -0.1) is 0 Å². The first-order chi connectivity index (χ1) is 9.13. The lowest BCUT2D eigenvalue weighted by Crippen LogP contribution is -2.41. The Kier molecular flexibility index (Phi) is 4.37. The maximum atomic E-state index is 12.3. The Labute approximate surface area is 114 Å². The Hall–Kier alpha value is -1.62. The van der Waals surface area contributed by atoms with Crippen LogP contribution < -0.4 is 5.32 Å². The van der Waals surface area contributed by atoms with Crippen LogP contribution in [-0.2, 0) is 4.74 Å². The smallest absolute Gasteiger partial charge is 0.272 e. The molecule has 0 aliphatic carbocycles. The average molecular weight is 263 g/mol. The molecule has 1 saturated heterocycles. The molecule has 0 aromatic carbocycles. The van der Waals surface area contributed by atoms with Crippen molar-refractivity contribution in [3.63, 3.8) is 0 Å². The SMILES string of the molecule is CCNc1ccc(C(=O)N(C)C2CCOC2C)nc1. The number of hydrogen-bond donors (Lipinski definition) is 1. The molecule has 1 aliphatic heterocycles. The maximum Gasteiger partial charge on any atom is 0.272 e. The highest BCUT2D eigenvalue weighted by atomic mass is 16.5. The van der Waals surface area contributed by atoms with Crippen LogP contribution in [0.4, 0.5) is 5.69 Å². The van der Waals surface area contributed by atoms with Crippen molar-refractivity contribution < 1.29 is 9.53 Å². The van der Waals surface area contributed by atoms with Crippen molar-refractivity contribution >= 4 is 11.6 Å². The van der Waals surface area contributed by atoms with Gasteiger partial charge in [0.2, 0.25) is 0 Å². The zero-order valence-electron chi connectivity index (χ0n) is 11.7. The van der Waals surface area contributed by atoms with Gasteiger partial charge >= 0.3 is 0 Å². The number of carbonyl (C=O) groups is 1. The van der Waals surface area contributed by atoms with Crippen molar-refractivity contribution in [2.45, 2.75) is 32.4 Å². The topological polar surface area (TPSA) is 54.5 Å². The van der Waals surface area contributed by atoms with Gasteiger partial charge in [0, 0.05) is 20.2 Å². The standard InChI is InChI=1S/C14H21N3O2/c1-4-15-11-5-6-12(16-9-11)14(18)17(3)13-7-8-19-10(13)2/h5-6,9-10,13,15H,4,7-8H2,1-3H3. The second kappa shape index (κ2) is 6.02. The van der Waals surface area contributed by atoms with Crippen molar-refractivity contribution in [2.24, 2.45) is 0 Å². The summed E-state index contributed by atoms with van der Waals surface area (Å²) < 4.78 is 5.50. The number of nitrogens with one attached hydrogen (secondary N) is 1. The van der Waals surface area contributed by atoms with Crippen LogP contribution in [0.5, 0.6) is 0 Å². The highest BCUT2D eigenvalue weighted by molar-refractivity contribution is 5.92. The van der Waals surface area contributed by atoms with Crippen LogP contribution in [0, 0.1) is 0 Å². The van der Waals surface area contributed by atoms with E-state index in [1.807, 2.05) is 27.0 Å². The van der Waals surface area contributed by atoms with Crippen LogP contribution in [0.1, 0.15) is 30.8 Å². The Morgan fingerprint density at radius 2 is 2.37 bits per heavy atom. The van der Waals surface area contributed by atoms with E-state index in [0.717, 1.165) is 25.3 Å². The van der Waals surface area contributed by atoms with Gasteiger partial charge in [-0.1, -0.05) is 0 Å². The van der Waals surface area contributed by atoms with E-state index in [2.05, 4.69) is 10.3 Å². The predicted octanol–water partition coefficient (Wildman–Crippen LogP) is 1.76. The normalized spacial score (nSPS) is 22.3. The van der Waals surface area contributed by atoms with E-state index in [4.69, 9.17) is 4.74 Å². The fourth-order valence-electron chi connectivity index (χ4n) is 2.39. The number of aromatic nitrogens is 1. The largest absolute Gasteiger partial charge is 0.384 e. The number of pyridine rings is 1. The van der Waals surface area contributed by atoms with Gasteiger partial charge < -0.3 is 15.0 Å². The van der Waals surface area contributed by atoms with E-state index >= 15 is 0 Å². The molecule has 2 heterocycles. The van der Waals surface area contributed by atoms with Gasteiger partial charge in [0.15, 0.2) is 0 Å². The summed E-state index contributed by atoms with van der Waals surface area (Å²) in [5.74, 6) is -0.0506. The summed E-state index contributed by atoms with van der Waals surface area (Å²) in [6.07, 6.45) is 2.67. The molecule has 1 fully saturated rings. The van der Waals surface area contributed by atoms with Crippen molar-refractivity contribution in [3.05, 3.63) is 24.0 Å². The molecule has 1 N–H and O–H groups in total. The summed E-state index contributed by atoms with van der Waals surface area (Å²) in [7, 11) is 1.82. The first-order valence-electron chi connectivity index (χ1n) is 6.72. The number of amides is 1. The van der Waals surface area contributed by atoms with Gasteiger partial charge in [-0.3, -0.25) is 4.79 Å². The van der Waals surface area contributed by atoms with E-state index in [9.17, 15) is 4.79 Å². The summed E-state index contributed by atoms with van der Waals surface area (Å²) in [5.41, 5.74) is 1.41. The van der Waals surface area contributed by atoms with Gasteiger partial charge in [0.05, 0.1) is 24.0 Å². The number of carbonyl (C=O) groups excluding carboxylic acids is 1. The number of likely N-dealkylation sites (N-methyl/N-ethyl adjacent to an activating group) is 1. The minimum absolute atomic E-state index is 0.0506. The molecule has 0 bridgehead atoms. The van der Waals surface area contributed by atoms with Crippen LogP contribution in [0.3, 0.4) is 0 Å². The number of rotatable bonds is 4. The molecule has 2 rings (SSSR count). The van der Waals surface area contributed by atoms with Crippen LogP contribution in [0.25, 0.3) is 0 Å². The molecule has 1 aromatic heterocycles. The number of hydrogen-bond acceptors (Lipinski definition) is 4. The van der Waals surface area contributed by atoms with Gasteiger partial charge in [-0.05, 0) is 32.4 Å². The molecule has 0 saturated carbocycles. The first-order valence-corrected chi connectivity index (χ1v) is 6.72. The van der Waals surface area contributed by atoms with Crippen molar-refractivity contribution in [2.75, 3.05) is 25.5 Å². The van der Waals surface area contributed by atoms with E-state index < -0.39 is 0 Å². The molecule has 1 amide bonds. The number of nitrogens with zero attached hydrogens (tertiary/aromatic N) is 2. The van der Waals surface area contributed by atoms with E-state index in [0.29, 0.717) is 5.69 Å². The number of ether oxygens (including phenoxy) is 1. The molecule has 5 nitrogen and oxygen atoms in total. The van der Waals surface area contributed by atoms with Gasteiger partial charge in [-0.2, -0.15) is 0 Å². The summed E-state index contributed by atoms with van der Waals surface area (Å²) in [6, 6.07) is 3.78. The summed E-state index contributed by atoms with van der Waals surface area (Å²) in [5, 5.41) is 3.16. The lowest BCUT2D eigenvalue weighted by molar-refractivity contribution is 0.0570. The summed E-state index contributed by atoms with van der Waals surface area (Å²) in [6.45, 7) is 5.58. The lowest BCUT2D eigenvalue weighted by atomic mass is 10.1. The quantitative estimate of drug-likeness (QED) is 0.899. The van der Waals surface area contributed by atoms with Crippen molar-refractivity contribution in [3.8, 4) is 0 Å². The maximum absolute atomic E-state index is 12.3. The van der Waals surface area contributed by atoms with Crippen LogP contribution in [0.15, 0.2) is 18.3 Å². The molecule has 5 heteroatoms. The average Bonchev–Trinajstić information content (AvgIpc) is 2.84. The monoisotopic (exact) mass is 263 g/mol. The molecule has 1 aromatic rings. The van der Waals surface area contributed by atoms with Gasteiger partial charge in [0.1, 0.15) is 5.69 Å². The molecular formula is C14H21N3O2. The zero-order chi connectivity index (χ0) is 13.8. The van der Waals surface area contributed by atoms with E-state index in [-0.39, 0.29) is 18.1 Å². The number of anilines is 1. The zero-order valence-corrected chi connectivity index (χ0v) is 11.7. The summed E-state index contributed by atoms with van der Waals surface area (Å²) in [4.78, 5) is 18.3. The first kappa shape index (κ1) is 13.8. The van der Waals surface area contributed by atoms with E-state index in [1.165, 1.54) is 0 Å². The predicted molar refractivity (Wildman–Crippen MR) is 74.3 cm³/mol.